The third-order valence-corrected chi connectivity index (χ3v) is 6.24. The molecule has 4 rings (SSSR count). The molecule has 4 aromatic rings. The van der Waals surface area contributed by atoms with Crippen molar-refractivity contribution in [1.29, 1.82) is 0 Å². The number of amides is 1. The van der Waals surface area contributed by atoms with Gasteiger partial charge in [0.05, 0.1) is 18.7 Å². The highest BCUT2D eigenvalue weighted by Crippen LogP contribution is 2.26. The maximum Gasteiger partial charge on any atom is 0.231 e. The number of carbonyl (C=O) groups is 1. The van der Waals surface area contributed by atoms with Gasteiger partial charge in [-0.1, -0.05) is 36.9 Å². The predicted octanol–water partition coefficient (Wildman–Crippen LogP) is 6.37. The molecule has 0 bridgehead atoms. The molecule has 2 N–H and O–H groups in total. The first-order valence-electron chi connectivity index (χ1n) is 12.2. The number of rotatable bonds is 8. The van der Waals surface area contributed by atoms with Crippen molar-refractivity contribution in [2.45, 2.75) is 19.8 Å². The molecule has 1 unspecified atom stereocenters. The topological polar surface area (TPSA) is 67.7 Å². The van der Waals surface area contributed by atoms with Gasteiger partial charge in [0.15, 0.2) is 0 Å². The average molecular weight is 511 g/mol. The second-order valence-electron chi connectivity index (χ2n) is 9.11. The van der Waals surface area contributed by atoms with Crippen LogP contribution in [0.2, 0.25) is 0 Å². The number of aryl methyl sites for hydroxylation is 2. The summed E-state index contributed by atoms with van der Waals surface area (Å²) < 4.78 is 20.5. The molecule has 0 aliphatic carbocycles. The Bertz CT molecular complexity index is 1520. The number of carbonyl (C=O) groups excluding carboxylic acids is 1. The van der Waals surface area contributed by atoms with Gasteiger partial charge in [-0.05, 0) is 84.6 Å². The van der Waals surface area contributed by atoms with E-state index in [9.17, 15) is 9.18 Å². The number of ether oxygens (including phenoxy) is 1. The molecule has 7 heteroatoms. The van der Waals surface area contributed by atoms with Gasteiger partial charge in [-0.15, -0.1) is 0 Å². The molecule has 0 aliphatic heterocycles. The smallest absolute Gasteiger partial charge is 0.231 e. The summed E-state index contributed by atoms with van der Waals surface area (Å²) in [6.45, 7) is 7.84. The van der Waals surface area contributed by atoms with Crippen molar-refractivity contribution in [2.75, 3.05) is 17.7 Å². The summed E-state index contributed by atoms with van der Waals surface area (Å²) in [4.78, 5) is 17.3. The Morgan fingerprint density at radius 1 is 0.974 bits per heavy atom. The van der Waals surface area contributed by atoms with Crippen LogP contribution in [0.3, 0.4) is 0 Å². The van der Waals surface area contributed by atoms with Crippen molar-refractivity contribution in [3.63, 3.8) is 0 Å². The Hall–Kier alpha value is -4.65. The van der Waals surface area contributed by atoms with Gasteiger partial charge in [0.2, 0.25) is 5.91 Å². The van der Waals surface area contributed by atoms with E-state index in [0.717, 1.165) is 39.2 Å². The number of halogens is 1. The highest BCUT2D eigenvalue weighted by molar-refractivity contribution is 5.95. The van der Waals surface area contributed by atoms with Crippen LogP contribution >= 0.6 is 0 Å². The minimum absolute atomic E-state index is 0.154. The molecular formula is C31H31FN4O2. The van der Waals surface area contributed by atoms with E-state index in [0.29, 0.717) is 11.5 Å². The number of anilines is 2. The number of benzene rings is 3. The number of nitrogens with one attached hydrogen (secondary N) is 2. The molecule has 6 nitrogen and oxygen atoms in total. The summed E-state index contributed by atoms with van der Waals surface area (Å²) >= 11 is 0. The molecule has 0 fully saturated rings. The fraction of sp³-hybridized carbons (Fsp3) is 0.161. The molecule has 194 valence electrons. The zero-order chi connectivity index (χ0) is 27.2. The summed E-state index contributed by atoms with van der Waals surface area (Å²) in [5.74, 6) is 0.341. The van der Waals surface area contributed by atoms with Gasteiger partial charge in [-0.25, -0.2) is 9.38 Å². The SMILES string of the molecule is C=C(/N=c1/ccc(-c2ccc(NC(=O)C(C)c3ccc(F)cc3)cc2)cn1C)Nc1ccc(C)cc1OC. The van der Waals surface area contributed by atoms with E-state index in [1.165, 1.54) is 12.1 Å². The maximum atomic E-state index is 13.2. The molecule has 1 aromatic heterocycles. The molecule has 1 heterocycles. The van der Waals surface area contributed by atoms with E-state index in [1.807, 2.05) is 79.3 Å². The minimum Gasteiger partial charge on any atom is -0.495 e. The van der Waals surface area contributed by atoms with E-state index in [1.54, 1.807) is 26.2 Å². The lowest BCUT2D eigenvalue weighted by Gasteiger charge is -2.13. The van der Waals surface area contributed by atoms with Gasteiger partial charge >= 0.3 is 0 Å². The lowest BCUT2D eigenvalue weighted by molar-refractivity contribution is -0.117. The van der Waals surface area contributed by atoms with E-state index in [4.69, 9.17) is 4.74 Å². The third kappa shape index (κ3) is 6.37. The summed E-state index contributed by atoms with van der Waals surface area (Å²) in [7, 11) is 3.56. The monoisotopic (exact) mass is 510 g/mol. The summed E-state index contributed by atoms with van der Waals surface area (Å²) in [6, 6.07) is 23.4. The Morgan fingerprint density at radius 3 is 2.32 bits per heavy atom. The van der Waals surface area contributed by atoms with Crippen molar-refractivity contribution >= 4 is 17.3 Å². The van der Waals surface area contributed by atoms with Gasteiger partial charge in [-0.2, -0.15) is 0 Å². The highest BCUT2D eigenvalue weighted by atomic mass is 19.1. The van der Waals surface area contributed by atoms with Crippen LogP contribution in [-0.2, 0) is 11.8 Å². The fourth-order valence-corrected chi connectivity index (χ4v) is 4.01. The van der Waals surface area contributed by atoms with Crippen molar-refractivity contribution in [1.82, 2.24) is 4.57 Å². The van der Waals surface area contributed by atoms with Crippen LogP contribution in [0.25, 0.3) is 11.1 Å². The quantitative estimate of drug-likeness (QED) is 0.289. The normalized spacial score (nSPS) is 12.1. The van der Waals surface area contributed by atoms with Gasteiger partial charge in [-0.3, -0.25) is 4.79 Å². The van der Waals surface area contributed by atoms with Gasteiger partial charge in [0.25, 0.3) is 0 Å². The first kappa shape index (κ1) is 26.4. The summed E-state index contributed by atoms with van der Waals surface area (Å²) in [5.41, 5.74) is 6.08. The van der Waals surface area contributed by atoms with Crippen molar-refractivity contribution < 1.29 is 13.9 Å². The predicted molar refractivity (Wildman–Crippen MR) is 150 cm³/mol. The molecule has 38 heavy (non-hydrogen) atoms. The number of pyridine rings is 1. The molecule has 0 radical (unpaired) electrons. The molecule has 0 saturated carbocycles. The third-order valence-electron chi connectivity index (χ3n) is 6.24. The number of aromatic nitrogens is 1. The van der Waals surface area contributed by atoms with E-state index >= 15 is 0 Å². The largest absolute Gasteiger partial charge is 0.495 e. The standard InChI is InChI=1S/C31H31FN4O2/c1-20-6-16-28(29(18-20)38-5)33-22(3)34-30-17-11-25(19-36(30)4)24-9-14-27(15-10-24)35-31(37)21(2)23-7-12-26(32)13-8-23/h6-19,21,33H,3H2,1-2,4-5H3,(H,35,37)/b34-30-. The highest BCUT2D eigenvalue weighted by Gasteiger charge is 2.15. The molecule has 0 aliphatic rings. The Labute approximate surface area is 222 Å². The van der Waals surface area contributed by atoms with Crippen LogP contribution in [0, 0.1) is 12.7 Å². The Balaban J connectivity index is 1.44. The molecular weight excluding hydrogens is 479 g/mol. The number of hydrogen-bond acceptors (Lipinski definition) is 4. The second-order valence-corrected chi connectivity index (χ2v) is 9.11. The first-order chi connectivity index (χ1) is 18.2. The zero-order valence-corrected chi connectivity index (χ0v) is 22.0. The van der Waals surface area contributed by atoms with Crippen LogP contribution in [0.5, 0.6) is 5.75 Å². The zero-order valence-electron chi connectivity index (χ0n) is 22.0. The van der Waals surface area contributed by atoms with Crippen molar-refractivity contribution in [2.24, 2.45) is 12.0 Å². The fourth-order valence-electron chi connectivity index (χ4n) is 4.01. The van der Waals surface area contributed by atoms with Crippen LogP contribution in [0.1, 0.15) is 24.0 Å². The van der Waals surface area contributed by atoms with E-state index in [-0.39, 0.29) is 11.7 Å². The van der Waals surface area contributed by atoms with E-state index < -0.39 is 5.92 Å². The molecule has 1 atom stereocenters. The molecule has 0 saturated heterocycles. The maximum absolute atomic E-state index is 13.2. The van der Waals surface area contributed by atoms with Crippen LogP contribution in [0.4, 0.5) is 15.8 Å². The number of hydrogen-bond donors (Lipinski definition) is 2. The Kier molecular flexibility index (Phi) is 8.06. The van der Waals surface area contributed by atoms with E-state index in [2.05, 4.69) is 22.2 Å². The average Bonchev–Trinajstić information content (AvgIpc) is 2.91. The van der Waals surface area contributed by atoms with Crippen molar-refractivity contribution in [3.05, 3.63) is 120 Å². The lowest BCUT2D eigenvalue weighted by atomic mass is 10.00. The molecule has 0 spiro atoms. The molecule has 1 amide bonds. The van der Waals surface area contributed by atoms with Gasteiger partial charge < -0.3 is 19.9 Å². The van der Waals surface area contributed by atoms with Crippen LogP contribution in [0.15, 0.2) is 102 Å². The first-order valence-corrected chi connectivity index (χ1v) is 12.2. The van der Waals surface area contributed by atoms with Gasteiger partial charge in [0.1, 0.15) is 22.9 Å². The number of methoxy groups -OCH3 is 1. The number of nitrogens with zero attached hydrogens (tertiary/aromatic N) is 2. The summed E-state index contributed by atoms with van der Waals surface area (Å²) in [6.07, 6.45) is 1.99. The summed E-state index contributed by atoms with van der Waals surface area (Å²) in [5, 5.41) is 6.13. The lowest BCUT2D eigenvalue weighted by Crippen LogP contribution is -2.19. The van der Waals surface area contributed by atoms with Crippen LogP contribution < -0.4 is 20.9 Å². The van der Waals surface area contributed by atoms with Crippen LogP contribution in [-0.4, -0.2) is 17.6 Å². The minimum atomic E-state index is -0.401. The van der Waals surface area contributed by atoms with Crippen molar-refractivity contribution in [3.8, 4) is 16.9 Å². The Morgan fingerprint density at radius 2 is 1.66 bits per heavy atom. The molecule has 3 aromatic carbocycles. The second kappa shape index (κ2) is 11.6. The van der Waals surface area contributed by atoms with Gasteiger partial charge in [0, 0.05) is 18.9 Å².